The Labute approximate surface area is 153 Å². The van der Waals surface area contributed by atoms with Gasteiger partial charge in [-0.1, -0.05) is 44.2 Å². The van der Waals surface area contributed by atoms with Gasteiger partial charge in [-0.3, -0.25) is 4.79 Å². The molecule has 0 spiro atoms. The first kappa shape index (κ1) is 18.4. The second-order valence-electron chi connectivity index (χ2n) is 8.65. The molecule has 2 aliphatic rings. The van der Waals surface area contributed by atoms with Crippen LogP contribution in [0.4, 0.5) is 0 Å². The van der Waals surface area contributed by atoms with Gasteiger partial charge in [0.2, 0.25) is 5.91 Å². The maximum Gasteiger partial charge on any atom is 0.222 e. The largest absolute Gasteiger partial charge is 0.342 e. The number of likely N-dealkylation sites (tertiary alicyclic amines) is 1. The van der Waals surface area contributed by atoms with Gasteiger partial charge in [0.25, 0.3) is 0 Å². The van der Waals surface area contributed by atoms with Gasteiger partial charge in [-0.25, -0.2) is 0 Å². The Morgan fingerprint density at radius 1 is 1.36 bits per heavy atom. The third-order valence-corrected chi connectivity index (χ3v) is 6.41. The summed E-state index contributed by atoms with van der Waals surface area (Å²) in [5.74, 6) is 1.54. The van der Waals surface area contributed by atoms with Gasteiger partial charge in [0, 0.05) is 19.5 Å². The molecule has 3 unspecified atom stereocenters. The van der Waals surface area contributed by atoms with E-state index in [2.05, 4.69) is 54.4 Å². The number of rotatable bonds is 6. The molecule has 2 fully saturated rings. The number of amides is 1. The third-order valence-electron chi connectivity index (χ3n) is 6.41. The summed E-state index contributed by atoms with van der Waals surface area (Å²) in [6, 6.07) is 10.7. The zero-order valence-corrected chi connectivity index (χ0v) is 16.0. The van der Waals surface area contributed by atoms with Crippen molar-refractivity contribution in [1.82, 2.24) is 10.2 Å². The van der Waals surface area contributed by atoms with E-state index in [4.69, 9.17) is 0 Å². The fourth-order valence-electron chi connectivity index (χ4n) is 4.47. The van der Waals surface area contributed by atoms with Crippen molar-refractivity contribution >= 4 is 5.91 Å². The number of hydrogen-bond donors (Lipinski definition) is 1. The minimum atomic E-state index is 0.279. The molecule has 3 nitrogen and oxygen atoms in total. The molecule has 1 N–H and O–H groups in total. The summed E-state index contributed by atoms with van der Waals surface area (Å²) in [5.41, 5.74) is 1.69. The van der Waals surface area contributed by atoms with Crippen molar-refractivity contribution in [2.24, 2.45) is 17.3 Å². The van der Waals surface area contributed by atoms with Crippen molar-refractivity contribution in [2.75, 3.05) is 26.2 Å². The van der Waals surface area contributed by atoms with Gasteiger partial charge >= 0.3 is 0 Å². The van der Waals surface area contributed by atoms with E-state index in [-0.39, 0.29) is 5.41 Å². The van der Waals surface area contributed by atoms with Crippen molar-refractivity contribution in [1.29, 1.82) is 0 Å². The van der Waals surface area contributed by atoms with E-state index in [1.54, 1.807) is 0 Å². The average Bonchev–Trinajstić information content (AvgIpc) is 3.04. The SMILES string of the molecule is CC(CC(=O)N1CCC(C)(CCc2ccccc2)C1)C1CCCNC1. The summed E-state index contributed by atoms with van der Waals surface area (Å²) in [7, 11) is 0. The fourth-order valence-corrected chi connectivity index (χ4v) is 4.47. The molecule has 0 aromatic heterocycles. The number of nitrogens with zero attached hydrogens (tertiary/aromatic N) is 1. The number of piperidine rings is 1. The molecular weight excluding hydrogens is 308 g/mol. The Kier molecular flexibility index (Phi) is 6.16. The van der Waals surface area contributed by atoms with E-state index in [1.807, 2.05) is 0 Å². The molecular formula is C22H34N2O. The van der Waals surface area contributed by atoms with Gasteiger partial charge in [-0.05, 0) is 68.0 Å². The molecule has 1 amide bonds. The fraction of sp³-hybridized carbons (Fsp3) is 0.682. The highest BCUT2D eigenvalue weighted by Crippen LogP contribution is 2.35. The summed E-state index contributed by atoms with van der Waals surface area (Å²) in [6.07, 6.45) is 6.68. The topological polar surface area (TPSA) is 32.3 Å². The maximum absolute atomic E-state index is 12.8. The normalized spacial score (nSPS) is 28.1. The predicted octanol–water partition coefficient (Wildman–Crippen LogP) is 3.88. The molecule has 1 aromatic carbocycles. The van der Waals surface area contributed by atoms with Crippen LogP contribution < -0.4 is 5.32 Å². The first-order valence-corrected chi connectivity index (χ1v) is 10.1. The van der Waals surface area contributed by atoms with Gasteiger partial charge < -0.3 is 10.2 Å². The summed E-state index contributed by atoms with van der Waals surface area (Å²) in [4.78, 5) is 14.9. The van der Waals surface area contributed by atoms with Crippen LogP contribution >= 0.6 is 0 Å². The Balaban J connectivity index is 1.46. The van der Waals surface area contributed by atoms with Crippen LogP contribution in [0, 0.1) is 17.3 Å². The zero-order chi connectivity index (χ0) is 17.7. The van der Waals surface area contributed by atoms with Crippen molar-refractivity contribution in [3.63, 3.8) is 0 Å². The highest BCUT2D eigenvalue weighted by atomic mass is 16.2. The molecule has 3 atom stereocenters. The number of carbonyl (C=O) groups excluding carboxylic acids is 1. The molecule has 0 saturated carbocycles. The monoisotopic (exact) mass is 342 g/mol. The number of aryl methyl sites for hydroxylation is 1. The number of benzene rings is 1. The van der Waals surface area contributed by atoms with E-state index in [0.717, 1.165) is 45.4 Å². The lowest BCUT2D eigenvalue weighted by atomic mass is 9.83. The smallest absolute Gasteiger partial charge is 0.222 e. The standard InChI is InChI=1S/C22H34N2O/c1-18(20-9-6-13-23-16-20)15-21(25)24-14-12-22(2,17-24)11-10-19-7-4-3-5-8-19/h3-5,7-8,18,20,23H,6,9-17H2,1-2H3. The quantitative estimate of drug-likeness (QED) is 0.851. The van der Waals surface area contributed by atoms with Crippen LogP contribution in [0.25, 0.3) is 0 Å². The van der Waals surface area contributed by atoms with Crippen LogP contribution in [0.3, 0.4) is 0 Å². The van der Waals surface area contributed by atoms with E-state index in [9.17, 15) is 4.79 Å². The Hall–Kier alpha value is -1.35. The second kappa shape index (κ2) is 8.35. The van der Waals surface area contributed by atoms with Crippen LogP contribution in [0.15, 0.2) is 30.3 Å². The Morgan fingerprint density at radius 3 is 2.88 bits per heavy atom. The first-order chi connectivity index (χ1) is 12.1. The van der Waals surface area contributed by atoms with Gasteiger partial charge in [0.1, 0.15) is 0 Å². The third kappa shape index (κ3) is 5.07. The minimum absolute atomic E-state index is 0.279. The van der Waals surface area contributed by atoms with Gasteiger partial charge in [-0.2, -0.15) is 0 Å². The summed E-state index contributed by atoms with van der Waals surface area (Å²) in [5, 5.41) is 3.48. The maximum atomic E-state index is 12.8. The number of hydrogen-bond acceptors (Lipinski definition) is 2. The average molecular weight is 343 g/mol. The molecule has 0 aliphatic carbocycles. The minimum Gasteiger partial charge on any atom is -0.342 e. The molecule has 25 heavy (non-hydrogen) atoms. The highest BCUT2D eigenvalue weighted by Gasteiger charge is 2.36. The van der Waals surface area contributed by atoms with Crippen molar-refractivity contribution in [3.05, 3.63) is 35.9 Å². The van der Waals surface area contributed by atoms with Crippen molar-refractivity contribution < 1.29 is 4.79 Å². The highest BCUT2D eigenvalue weighted by molar-refractivity contribution is 5.76. The lowest BCUT2D eigenvalue weighted by molar-refractivity contribution is -0.131. The molecule has 2 saturated heterocycles. The second-order valence-corrected chi connectivity index (χ2v) is 8.65. The van der Waals surface area contributed by atoms with Gasteiger partial charge in [0.05, 0.1) is 0 Å². The zero-order valence-electron chi connectivity index (χ0n) is 16.0. The molecule has 0 bridgehead atoms. The lowest BCUT2D eigenvalue weighted by Gasteiger charge is -2.30. The first-order valence-electron chi connectivity index (χ1n) is 10.1. The number of nitrogens with one attached hydrogen (secondary N) is 1. The van der Waals surface area contributed by atoms with Gasteiger partial charge in [0.15, 0.2) is 0 Å². The van der Waals surface area contributed by atoms with Crippen LogP contribution in [0.2, 0.25) is 0 Å². The van der Waals surface area contributed by atoms with E-state index >= 15 is 0 Å². The van der Waals surface area contributed by atoms with E-state index < -0.39 is 0 Å². The van der Waals surface area contributed by atoms with E-state index in [1.165, 1.54) is 24.8 Å². The number of carbonyl (C=O) groups is 1. The van der Waals surface area contributed by atoms with Crippen LogP contribution in [-0.4, -0.2) is 37.0 Å². The lowest BCUT2D eigenvalue weighted by Crippen LogP contribution is -2.37. The van der Waals surface area contributed by atoms with Crippen molar-refractivity contribution in [3.8, 4) is 0 Å². The molecule has 2 aliphatic heterocycles. The summed E-state index contributed by atoms with van der Waals surface area (Å²) in [6.45, 7) is 8.73. The molecule has 3 heteroatoms. The molecule has 0 radical (unpaired) electrons. The van der Waals surface area contributed by atoms with E-state index in [0.29, 0.717) is 17.7 Å². The predicted molar refractivity (Wildman–Crippen MR) is 103 cm³/mol. The molecule has 1 aromatic rings. The molecule has 2 heterocycles. The molecule has 138 valence electrons. The summed E-state index contributed by atoms with van der Waals surface area (Å²) >= 11 is 0. The van der Waals surface area contributed by atoms with Gasteiger partial charge in [-0.15, -0.1) is 0 Å². The Bertz CT molecular complexity index is 552. The Morgan fingerprint density at radius 2 is 2.16 bits per heavy atom. The van der Waals surface area contributed by atoms with Crippen LogP contribution in [0.5, 0.6) is 0 Å². The van der Waals surface area contributed by atoms with Crippen molar-refractivity contribution in [2.45, 2.75) is 52.4 Å². The van der Waals surface area contributed by atoms with Crippen LogP contribution in [0.1, 0.15) is 51.5 Å². The summed E-state index contributed by atoms with van der Waals surface area (Å²) < 4.78 is 0. The van der Waals surface area contributed by atoms with Crippen LogP contribution in [-0.2, 0) is 11.2 Å². The molecule has 3 rings (SSSR count).